The van der Waals surface area contributed by atoms with E-state index >= 15 is 0 Å². The molecule has 5 heteroatoms. The number of carbonyl (C=O) groups is 1. The van der Waals surface area contributed by atoms with Crippen LogP contribution in [0.15, 0.2) is 12.1 Å². The van der Waals surface area contributed by atoms with Gasteiger partial charge < -0.3 is 15.2 Å². The number of carbonyl (C=O) groups excluding carboxylic acids is 1. The van der Waals surface area contributed by atoms with Gasteiger partial charge in [0.1, 0.15) is 22.7 Å². The van der Waals surface area contributed by atoms with Crippen molar-refractivity contribution in [2.24, 2.45) is 0 Å². The minimum Gasteiger partial charge on any atom is -0.496 e. The molecule has 0 amide bonds. The molecule has 17 heavy (non-hydrogen) atoms. The Balaban J connectivity index is 3.20. The predicted octanol–water partition coefficient (Wildman–Crippen LogP) is 2.37. The van der Waals surface area contributed by atoms with Gasteiger partial charge in [-0.1, -0.05) is 0 Å². The number of hydrogen-bond acceptors (Lipinski definition) is 4. The van der Waals surface area contributed by atoms with Crippen molar-refractivity contribution in [3.05, 3.63) is 23.5 Å². The van der Waals surface area contributed by atoms with Gasteiger partial charge in [0.15, 0.2) is 0 Å². The van der Waals surface area contributed by atoms with E-state index in [0.29, 0.717) is 0 Å². The van der Waals surface area contributed by atoms with Crippen molar-refractivity contribution in [3.8, 4) is 5.75 Å². The summed E-state index contributed by atoms with van der Waals surface area (Å²) in [6.45, 7) is 5.15. The van der Waals surface area contributed by atoms with Gasteiger partial charge in [0, 0.05) is 0 Å². The van der Waals surface area contributed by atoms with Crippen LogP contribution in [-0.4, -0.2) is 18.7 Å². The number of ether oxygens (including phenoxy) is 2. The van der Waals surface area contributed by atoms with E-state index in [1.807, 2.05) is 0 Å². The number of methoxy groups -OCH3 is 1. The summed E-state index contributed by atoms with van der Waals surface area (Å²) >= 11 is 0. The van der Waals surface area contributed by atoms with Crippen molar-refractivity contribution in [1.82, 2.24) is 0 Å². The van der Waals surface area contributed by atoms with Crippen molar-refractivity contribution >= 4 is 11.7 Å². The molecule has 0 spiro atoms. The predicted molar refractivity (Wildman–Crippen MR) is 62.5 cm³/mol. The summed E-state index contributed by atoms with van der Waals surface area (Å²) in [6, 6.07) is 2.48. The van der Waals surface area contributed by atoms with Crippen molar-refractivity contribution in [2.75, 3.05) is 12.8 Å². The molecule has 4 nitrogen and oxygen atoms in total. The Hall–Kier alpha value is -1.78. The Kier molecular flexibility index (Phi) is 3.60. The maximum Gasteiger partial charge on any atom is 0.344 e. The zero-order valence-corrected chi connectivity index (χ0v) is 10.3. The molecule has 0 atom stereocenters. The molecule has 0 aliphatic carbocycles. The van der Waals surface area contributed by atoms with E-state index < -0.39 is 17.4 Å². The number of anilines is 1. The number of nitrogens with two attached hydrogens (primary N) is 1. The lowest BCUT2D eigenvalue weighted by Crippen LogP contribution is -2.25. The smallest absolute Gasteiger partial charge is 0.344 e. The zero-order valence-electron chi connectivity index (χ0n) is 10.3. The molecule has 2 N–H and O–H groups in total. The molecule has 0 heterocycles. The third-order valence-corrected chi connectivity index (χ3v) is 1.98. The third-order valence-electron chi connectivity index (χ3n) is 1.98. The largest absolute Gasteiger partial charge is 0.496 e. The topological polar surface area (TPSA) is 61.5 Å². The molecule has 0 fully saturated rings. The number of esters is 1. The van der Waals surface area contributed by atoms with Crippen LogP contribution in [0.25, 0.3) is 0 Å². The summed E-state index contributed by atoms with van der Waals surface area (Å²) in [5, 5.41) is 0. The van der Waals surface area contributed by atoms with Gasteiger partial charge in [-0.25, -0.2) is 9.18 Å². The minimum absolute atomic E-state index is 0.0811. The maximum absolute atomic E-state index is 13.3. The number of rotatable bonds is 2. The first-order chi connectivity index (χ1) is 7.76. The van der Waals surface area contributed by atoms with Crippen LogP contribution in [0.2, 0.25) is 0 Å². The highest BCUT2D eigenvalue weighted by Gasteiger charge is 2.24. The van der Waals surface area contributed by atoms with Crippen LogP contribution in [0, 0.1) is 5.82 Å². The Morgan fingerprint density at radius 3 is 2.41 bits per heavy atom. The zero-order chi connectivity index (χ0) is 13.2. The number of nitrogen functional groups attached to an aromatic ring is 1. The monoisotopic (exact) mass is 241 g/mol. The summed E-state index contributed by atoms with van der Waals surface area (Å²) in [5.41, 5.74) is 4.50. The standard InChI is InChI=1S/C12H16FNO3/c1-12(2,3)17-11(15)9-8(16-4)6-5-7(13)10(9)14/h5-6H,14H2,1-4H3. The second-order valence-corrected chi connectivity index (χ2v) is 4.54. The van der Waals surface area contributed by atoms with Crippen molar-refractivity contribution in [1.29, 1.82) is 0 Å². The fourth-order valence-corrected chi connectivity index (χ4v) is 1.28. The molecule has 0 aliphatic rings. The lowest BCUT2D eigenvalue weighted by atomic mass is 10.1. The molecule has 0 radical (unpaired) electrons. The third kappa shape index (κ3) is 3.09. The van der Waals surface area contributed by atoms with Crippen LogP contribution >= 0.6 is 0 Å². The van der Waals surface area contributed by atoms with Crippen LogP contribution in [0.1, 0.15) is 31.1 Å². The van der Waals surface area contributed by atoms with Gasteiger partial charge in [-0.3, -0.25) is 0 Å². The Morgan fingerprint density at radius 2 is 1.94 bits per heavy atom. The molecule has 0 aliphatic heterocycles. The fraction of sp³-hybridized carbons (Fsp3) is 0.417. The highest BCUT2D eigenvalue weighted by Crippen LogP contribution is 2.28. The van der Waals surface area contributed by atoms with E-state index in [1.165, 1.54) is 13.2 Å². The quantitative estimate of drug-likeness (QED) is 0.637. The van der Waals surface area contributed by atoms with Crippen molar-refractivity contribution in [3.63, 3.8) is 0 Å². The Bertz CT molecular complexity index is 438. The minimum atomic E-state index is -0.702. The van der Waals surface area contributed by atoms with Crippen molar-refractivity contribution < 1.29 is 18.7 Å². The molecular weight excluding hydrogens is 225 g/mol. The first kappa shape index (κ1) is 13.3. The molecule has 1 aromatic rings. The van der Waals surface area contributed by atoms with E-state index in [-0.39, 0.29) is 17.0 Å². The van der Waals surface area contributed by atoms with E-state index in [9.17, 15) is 9.18 Å². The molecule has 0 saturated carbocycles. The van der Waals surface area contributed by atoms with E-state index in [4.69, 9.17) is 15.2 Å². The number of halogens is 1. The van der Waals surface area contributed by atoms with Gasteiger partial charge in [0.2, 0.25) is 0 Å². The first-order valence-corrected chi connectivity index (χ1v) is 5.11. The van der Waals surface area contributed by atoms with Gasteiger partial charge >= 0.3 is 5.97 Å². The van der Waals surface area contributed by atoms with Crippen LogP contribution in [-0.2, 0) is 4.74 Å². The average Bonchev–Trinajstić information content (AvgIpc) is 2.19. The maximum atomic E-state index is 13.3. The SMILES string of the molecule is COc1ccc(F)c(N)c1C(=O)OC(C)(C)C. The second kappa shape index (κ2) is 4.61. The Labute approximate surface area is 99.5 Å². The second-order valence-electron chi connectivity index (χ2n) is 4.54. The van der Waals surface area contributed by atoms with E-state index in [2.05, 4.69) is 0 Å². The first-order valence-electron chi connectivity index (χ1n) is 5.11. The summed E-state index contributed by atoms with van der Waals surface area (Å²) in [4.78, 5) is 11.9. The molecule has 0 aromatic heterocycles. The average molecular weight is 241 g/mol. The number of benzene rings is 1. The summed E-state index contributed by atoms with van der Waals surface area (Å²) < 4.78 is 23.4. The lowest BCUT2D eigenvalue weighted by Gasteiger charge is -2.21. The molecular formula is C12H16FNO3. The van der Waals surface area contributed by atoms with E-state index in [0.717, 1.165) is 6.07 Å². The van der Waals surface area contributed by atoms with Gasteiger partial charge in [-0.2, -0.15) is 0 Å². The van der Waals surface area contributed by atoms with Gasteiger partial charge in [0.05, 0.1) is 12.8 Å². The molecule has 94 valence electrons. The Morgan fingerprint density at radius 1 is 1.35 bits per heavy atom. The number of hydrogen-bond donors (Lipinski definition) is 1. The summed E-state index contributed by atoms with van der Waals surface area (Å²) in [5.74, 6) is -1.18. The fourth-order valence-electron chi connectivity index (χ4n) is 1.28. The van der Waals surface area contributed by atoms with Crippen LogP contribution < -0.4 is 10.5 Å². The molecule has 0 unspecified atom stereocenters. The van der Waals surface area contributed by atoms with Crippen LogP contribution in [0.3, 0.4) is 0 Å². The van der Waals surface area contributed by atoms with Gasteiger partial charge in [-0.05, 0) is 32.9 Å². The molecule has 1 aromatic carbocycles. The van der Waals surface area contributed by atoms with E-state index in [1.54, 1.807) is 20.8 Å². The molecule has 0 bridgehead atoms. The molecule has 0 saturated heterocycles. The summed E-state index contributed by atoms with van der Waals surface area (Å²) in [7, 11) is 1.38. The van der Waals surface area contributed by atoms with Gasteiger partial charge in [0.25, 0.3) is 0 Å². The highest BCUT2D eigenvalue weighted by molar-refractivity contribution is 5.98. The normalized spacial score (nSPS) is 11.1. The van der Waals surface area contributed by atoms with Crippen LogP contribution in [0.4, 0.5) is 10.1 Å². The van der Waals surface area contributed by atoms with Crippen molar-refractivity contribution in [2.45, 2.75) is 26.4 Å². The highest BCUT2D eigenvalue weighted by atomic mass is 19.1. The van der Waals surface area contributed by atoms with Gasteiger partial charge in [-0.15, -0.1) is 0 Å². The molecule has 1 rings (SSSR count). The van der Waals surface area contributed by atoms with Crippen LogP contribution in [0.5, 0.6) is 5.75 Å². The summed E-state index contributed by atoms with van der Waals surface area (Å²) in [6.07, 6.45) is 0. The lowest BCUT2D eigenvalue weighted by molar-refractivity contribution is 0.00674.